The number of amides is 1. The summed E-state index contributed by atoms with van der Waals surface area (Å²) in [6.07, 6.45) is 0. The Morgan fingerprint density at radius 3 is 2.86 bits per heavy atom. The van der Waals surface area contributed by atoms with Crippen molar-refractivity contribution in [1.29, 1.82) is 0 Å². The number of carbonyl (C=O) groups is 1. The average molecular weight is 276 g/mol. The first-order valence-corrected chi connectivity index (χ1v) is 6.58. The van der Waals surface area contributed by atoms with Crippen LogP contribution in [0.5, 0.6) is 0 Å². The summed E-state index contributed by atoms with van der Waals surface area (Å²) in [5.74, 6) is 0.509. The average Bonchev–Trinajstić information content (AvgIpc) is 2.60. The minimum atomic E-state index is 0.0385. The molecule has 1 rings (SSSR count). The van der Waals surface area contributed by atoms with Crippen LogP contribution in [-0.4, -0.2) is 17.8 Å². The number of rotatable bonds is 4. The summed E-state index contributed by atoms with van der Waals surface area (Å²) in [6, 6.07) is 0. The number of halogens is 1. The van der Waals surface area contributed by atoms with Gasteiger partial charge < -0.3 is 5.32 Å². The van der Waals surface area contributed by atoms with Gasteiger partial charge in [0.15, 0.2) is 0 Å². The molecule has 0 bridgehead atoms. The highest BCUT2D eigenvalue weighted by atomic mass is 79.9. The molecule has 1 amide bonds. The van der Waals surface area contributed by atoms with Crippen LogP contribution in [0.15, 0.2) is 10.8 Å². The number of thiophene rings is 1. The number of alkyl halides is 1. The van der Waals surface area contributed by atoms with Crippen LogP contribution in [0.3, 0.4) is 0 Å². The predicted molar refractivity (Wildman–Crippen MR) is 64.3 cm³/mol. The lowest BCUT2D eigenvalue weighted by molar-refractivity contribution is 0.0949. The molecule has 0 aliphatic heterocycles. The van der Waals surface area contributed by atoms with Crippen molar-refractivity contribution in [2.45, 2.75) is 13.8 Å². The van der Waals surface area contributed by atoms with E-state index in [2.05, 4.69) is 28.2 Å². The molecule has 0 radical (unpaired) electrons. The van der Waals surface area contributed by atoms with E-state index in [1.54, 1.807) is 11.3 Å². The van der Waals surface area contributed by atoms with Crippen molar-refractivity contribution in [2.24, 2.45) is 5.92 Å². The number of hydrogen-bond donors (Lipinski definition) is 1. The minimum Gasteiger partial charge on any atom is -0.352 e. The first kappa shape index (κ1) is 11.7. The van der Waals surface area contributed by atoms with Gasteiger partial charge in [-0.15, -0.1) is 0 Å². The lowest BCUT2D eigenvalue weighted by atomic mass is 10.2. The van der Waals surface area contributed by atoms with E-state index in [4.69, 9.17) is 0 Å². The van der Waals surface area contributed by atoms with Gasteiger partial charge in [0.25, 0.3) is 5.91 Å². The highest BCUT2D eigenvalue weighted by molar-refractivity contribution is 9.09. The second-order valence-corrected chi connectivity index (χ2v) is 4.83. The first-order valence-electron chi connectivity index (χ1n) is 4.52. The Labute approximate surface area is 96.8 Å². The van der Waals surface area contributed by atoms with Gasteiger partial charge in [-0.3, -0.25) is 4.79 Å². The van der Waals surface area contributed by atoms with Gasteiger partial charge in [0, 0.05) is 17.3 Å². The summed E-state index contributed by atoms with van der Waals surface area (Å²) >= 11 is 4.94. The van der Waals surface area contributed by atoms with Crippen LogP contribution in [0.2, 0.25) is 0 Å². The lowest BCUT2D eigenvalue weighted by Crippen LogP contribution is -2.28. The van der Waals surface area contributed by atoms with Gasteiger partial charge in [-0.2, -0.15) is 11.3 Å². The second kappa shape index (κ2) is 5.51. The molecule has 0 aliphatic rings. The fourth-order valence-electron chi connectivity index (χ4n) is 1.01. The molecule has 1 unspecified atom stereocenters. The Kier molecular flexibility index (Phi) is 4.62. The lowest BCUT2D eigenvalue weighted by Gasteiger charge is -2.08. The van der Waals surface area contributed by atoms with Gasteiger partial charge in [-0.05, 0) is 23.8 Å². The van der Waals surface area contributed by atoms with Gasteiger partial charge in [-0.1, -0.05) is 22.9 Å². The SMILES string of the molecule is Cc1cscc1C(=O)NCC(C)CBr. The normalized spacial score (nSPS) is 12.5. The van der Waals surface area contributed by atoms with Gasteiger partial charge in [0.05, 0.1) is 5.56 Å². The quantitative estimate of drug-likeness (QED) is 0.842. The Morgan fingerprint density at radius 1 is 1.64 bits per heavy atom. The van der Waals surface area contributed by atoms with Crippen LogP contribution in [0.1, 0.15) is 22.8 Å². The van der Waals surface area contributed by atoms with Gasteiger partial charge in [-0.25, -0.2) is 0 Å². The van der Waals surface area contributed by atoms with Crippen molar-refractivity contribution in [2.75, 3.05) is 11.9 Å². The molecule has 1 heterocycles. The van der Waals surface area contributed by atoms with Crippen molar-refractivity contribution in [3.05, 3.63) is 21.9 Å². The molecule has 0 saturated carbocycles. The highest BCUT2D eigenvalue weighted by Crippen LogP contribution is 2.13. The molecule has 4 heteroatoms. The molecule has 0 aromatic carbocycles. The van der Waals surface area contributed by atoms with E-state index < -0.39 is 0 Å². The predicted octanol–water partition coefficient (Wildman–Crippen LogP) is 2.82. The highest BCUT2D eigenvalue weighted by Gasteiger charge is 2.10. The molecular weight excluding hydrogens is 262 g/mol. The van der Waals surface area contributed by atoms with Gasteiger partial charge in [0.1, 0.15) is 0 Å². The topological polar surface area (TPSA) is 29.1 Å². The molecule has 1 aromatic rings. The van der Waals surface area contributed by atoms with Crippen LogP contribution in [-0.2, 0) is 0 Å². The van der Waals surface area contributed by atoms with E-state index in [1.807, 2.05) is 17.7 Å². The molecule has 1 atom stereocenters. The fraction of sp³-hybridized carbons (Fsp3) is 0.500. The van der Waals surface area contributed by atoms with Crippen LogP contribution < -0.4 is 5.32 Å². The summed E-state index contributed by atoms with van der Waals surface area (Å²) in [5.41, 5.74) is 1.86. The maximum absolute atomic E-state index is 11.6. The maximum Gasteiger partial charge on any atom is 0.252 e. The van der Waals surface area contributed by atoms with E-state index in [0.29, 0.717) is 5.92 Å². The summed E-state index contributed by atoms with van der Waals surface area (Å²) in [5, 5.41) is 7.71. The Hall–Kier alpha value is -0.350. The van der Waals surface area contributed by atoms with E-state index in [9.17, 15) is 4.79 Å². The molecule has 1 N–H and O–H groups in total. The smallest absolute Gasteiger partial charge is 0.252 e. The molecule has 14 heavy (non-hydrogen) atoms. The van der Waals surface area contributed by atoms with Crippen molar-refractivity contribution in [3.8, 4) is 0 Å². The number of carbonyl (C=O) groups excluding carboxylic acids is 1. The first-order chi connectivity index (χ1) is 6.65. The van der Waals surface area contributed by atoms with Crippen LogP contribution >= 0.6 is 27.3 Å². The molecule has 0 aliphatic carbocycles. The molecule has 1 aromatic heterocycles. The van der Waals surface area contributed by atoms with Gasteiger partial charge in [0.2, 0.25) is 0 Å². The molecule has 0 fully saturated rings. The Balaban J connectivity index is 2.47. The number of aryl methyl sites for hydroxylation is 1. The van der Waals surface area contributed by atoms with Crippen molar-refractivity contribution < 1.29 is 4.79 Å². The second-order valence-electron chi connectivity index (χ2n) is 3.44. The van der Waals surface area contributed by atoms with Crippen molar-refractivity contribution in [1.82, 2.24) is 5.32 Å². The van der Waals surface area contributed by atoms with E-state index in [1.165, 1.54) is 0 Å². The zero-order valence-corrected chi connectivity index (χ0v) is 10.7. The third-order valence-corrected chi connectivity index (χ3v) is 3.94. The molecule has 0 spiro atoms. The minimum absolute atomic E-state index is 0.0385. The maximum atomic E-state index is 11.6. The van der Waals surface area contributed by atoms with E-state index in [0.717, 1.165) is 23.0 Å². The summed E-state index contributed by atoms with van der Waals surface area (Å²) in [4.78, 5) is 11.6. The summed E-state index contributed by atoms with van der Waals surface area (Å²) in [6.45, 7) is 4.77. The summed E-state index contributed by atoms with van der Waals surface area (Å²) in [7, 11) is 0. The monoisotopic (exact) mass is 275 g/mol. The van der Waals surface area contributed by atoms with E-state index >= 15 is 0 Å². The third kappa shape index (κ3) is 3.10. The Bertz CT molecular complexity index is 311. The largest absolute Gasteiger partial charge is 0.352 e. The zero-order valence-electron chi connectivity index (χ0n) is 8.34. The van der Waals surface area contributed by atoms with Gasteiger partial charge >= 0.3 is 0 Å². The zero-order chi connectivity index (χ0) is 10.6. The fourth-order valence-corrected chi connectivity index (χ4v) is 2.07. The molecule has 0 saturated heterocycles. The molecule has 78 valence electrons. The number of nitrogens with one attached hydrogen (secondary N) is 1. The molecular formula is C10H14BrNOS. The summed E-state index contributed by atoms with van der Waals surface area (Å²) < 4.78 is 0. The Morgan fingerprint density at radius 2 is 2.36 bits per heavy atom. The third-order valence-electron chi connectivity index (χ3n) is 1.97. The van der Waals surface area contributed by atoms with Crippen molar-refractivity contribution in [3.63, 3.8) is 0 Å². The van der Waals surface area contributed by atoms with Crippen molar-refractivity contribution >= 4 is 33.2 Å². The van der Waals surface area contributed by atoms with Crippen LogP contribution in [0.4, 0.5) is 0 Å². The standard InChI is InChI=1S/C10H14BrNOS/c1-7(3-11)4-12-10(13)9-6-14-5-8(9)2/h5-7H,3-4H2,1-2H3,(H,12,13). The van der Waals surface area contributed by atoms with E-state index in [-0.39, 0.29) is 5.91 Å². The van der Waals surface area contributed by atoms with Crippen LogP contribution in [0.25, 0.3) is 0 Å². The van der Waals surface area contributed by atoms with Crippen LogP contribution in [0, 0.1) is 12.8 Å². The number of hydrogen-bond acceptors (Lipinski definition) is 2. The molecule has 2 nitrogen and oxygen atoms in total.